The summed E-state index contributed by atoms with van der Waals surface area (Å²) in [4.78, 5) is 13.0. The number of aliphatic hydroxyl groups is 1. The van der Waals surface area contributed by atoms with Crippen molar-refractivity contribution in [1.82, 2.24) is 5.32 Å². The van der Waals surface area contributed by atoms with Crippen molar-refractivity contribution >= 4 is 17.2 Å². The summed E-state index contributed by atoms with van der Waals surface area (Å²) < 4.78 is 0. The molecule has 1 aromatic rings. The lowest BCUT2D eigenvalue weighted by molar-refractivity contribution is 0.0923. The van der Waals surface area contributed by atoms with E-state index in [1.165, 1.54) is 30.6 Å². The largest absolute Gasteiger partial charge is 0.384 e. The van der Waals surface area contributed by atoms with Crippen LogP contribution in [0.2, 0.25) is 0 Å². The maximum Gasteiger partial charge on any atom is 0.252 e. The average Bonchev–Trinajstić information content (AvgIpc) is 3.12. The fourth-order valence-corrected chi connectivity index (χ4v) is 4.08. The van der Waals surface area contributed by atoms with Crippen LogP contribution < -0.4 is 5.32 Å². The van der Waals surface area contributed by atoms with Crippen LogP contribution in [0.5, 0.6) is 0 Å². The van der Waals surface area contributed by atoms with E-state index in [2.05, 4.69) is 17.2 Å². The van der Waals surface area contributed by atoms with Gasteiger partial charge in [0.25, 0.3) is 5.91 Å². The van der Waals surface area contributed by atoms with E-state index in [1.807, 2.05) is 5.38 Å². The minimum atomic E-state index is -0.148. The Morgan fingerprint density at radius 1 is 1.47 bits per heavy atom. The molecule has 2 N–H and O–H groups in total. The van der Waals surface area contributed by atoms with E-state index < -0.39 is 0 Å². The van der Waals surface area contributed by atoms with Gasteiger partial charge in [0.15, 0.2) is 0 Å². The number of hydrogen-bond acceptors (Lipinski definition) is 3. The Hall–Kier alpha value is -1.31. The molecule has 0 radical (unpaired) electrons. The van der Waals surface area contributed by atoms with Crippen molar-refractivity contribution < 1.29 is 9.90 Å². The van der Waals surface area contributed by atoms with E-state index in [0.717, 1.165) is 17.2 Å². The number of nitrogens with one attached hydrogen (secondary N) is 1. The molecule has 1 aromatic heterocycles. The summed E-state index contributed by atoms with van der Waals surface area (Å²) in [6.45, 7) is -0.148. The number of carbonyl (C=O) groups is 1. The summed E-state index contributed by atoms with van der Waals surface area (Å²) in [5, 5.41) is 13.6. The minimum Gasteiger partial charge on any atom is -0.384 e. The molecule has 3 rings (SSSR count). The van der Waals surface area contributed by atoms with Crippen molar-refractivity contribution in [3.05, 3.63) is 21.9 Å². The van der Waals surface area contributed by atoms with Gasteiger partial charge in [-0.3, -0.25) is 4.79 Å². The molecule has 0 aliphatic heterocycles. The molecule has 3 nitrogen and oxygen atoms in total. The summed E-state index contributed by atoms with van der Waals surface area (Å²) in [5.41, 5.74) is 0.690. The molecule has 4 heteroatoms. The monoisotopic (exact) mass is 275 g/mol. The van der Waals surface area contributed by atoms with Gasteiger partial charge in [0.2, 0.25) is 0 Å². The van der Waals surface area contributed by atoms with Gasteiger partial charge in [-0.15, -0.1) is 11.3 Å². The van der Waals surface area contributed by atoms with E-state index in [-0.39, 0.29) is 12.5 Å². The average molecular weight is 275 g/mol. The van der Waals surface area contributed by atoms with Crippen molar-refractivity contribution in [3.63, 3.8) is 0 Å². The summed E-state index contributed by atoms with van der Waals surface area (Å²) in [7, 11) is 0. The quantitative estimate of drug-likeness (QED) is 0.811. The van der Waals surface area contributed by atoms with Gasteiger partial charge < -0.3 is 10.4 Å². The minimum absolute atomic E-state index is 0.0193. The number of amides is 1. The SMILES string of the molecule is O=C(NC1CC2CCC1C2)c1csc(C#CCO)c1. The first-order chi connectivity index (χ1) is 9.26. The van der Waals surface area contributed by atoms with E-state index in [9.17, 15) is 4.79 Å². The van der Waals surface area contributed by atoms with Crippen LogP contribution in [-0.4, -0.2) is 23.7 Å². The molecular weight excluding hydrogens is 258 g/mol. The normalized spacial score (nSPS) is 27.9. The van der Waals surface area contributed by atoms with Gasteiger partial charge in [-0.1, -0.05) is 18.3 Å². The molecule has 3 atom stereocenters. The third-order valence-electron chi connectivity index (χ3n) is 4.21. The summed E-state index contributed by atoms with van der Waals surface area (Å²) in [5.74, 6) is 6.98. The Labute approximate surface area is 117 Å². The standard InChI is InChI=1S/C15H17NO2S/c17-5-1-2-13-8-12(9-19-13)15(18)16-14-7-10-3-4-11(14)6-10/h8-11,14,17H,3-7H2,(H,16,18). The van der Waals surface area contributed by atoms with E-state index in [4.69, 9.17) is 5.11 Å². The lowest BCUT2D eigenvalue weighted by Gasteiger charge is -2.22. The lowest BCUT2D eigenvalue weighted by Crippen LogP contribution is -2.38. The molecule has 2 bridgehead atoms. The molecule has 2 aliphatic rings. The van der Waals surface area contributed by atoms with Crippen LogP contribution in [0.25, 0.3) is 0 Å². The van der Waals surface area contributed by atoms with Crippen molar-refractivity contribution in [2.75, 3.05) is 6.61 Å². The third-order valence-corrected chi connectivity index (χ3v) is 5.05. The molecule has 0 aromatic carbocycles. The number of hydrogen-bond donors (Lipinski definition) is 2. The summed E-state index contributed by atoms with van der Waals surface area (Å²) in [6, 6.07) is 2.17. The highest BCUT2D eigenvalue weighted by Gasteiger charge is 2.40. The van der Waals surface area contributed by atoms with Crippen LogP contribution in [-0.2, 0) is 0 Å². The van der Waals surface area contributed by atoms with Gasteiger partial charge in [0, 0.05) is 11.4 Å². The van der Waals surface area contributed by atoms with Crippen LogP contribution in [0.15, 0.2) is 11.4 Å². The Morgan fingerprint density at radius 2 is 2.37 bits per heavy atom. The molecule has 0 saturated heterocycles. The van der Waals surface area contributed by atoms with E-state index in [0.29, 0.717) is 17.5 Å². The van der Waals surface area contributed by atoms with Crippen LogP contribution in [0.3, 0.4) is 0 Å². The van der Waals surface area contributed by atoms with Crippen molar-refractivity contribution in [1.29, 1.82) is 0 Å². The summed E-state index contributed by atoms with van der Waals surface area (Å²) >= 11 is 1.45. The molecular formula is C15H17NO2S. The smallest absolute Gasteiger partial charge is 0.252 e. The number of rotatable bonds is 2. The maximum absolute atomic E-state index is 12.2. The first-order valence-corrected chi connectivity index (χ1v) is 7.63. The molecule has 1 heterocycles. The Bertz CT molecular complexity index is 540. The maximum atomic E-state index is 12.2. The Morgan fingerprint density at radius 3 is 3.05 bits per heavy atom. The van der Waals surface area contributed by atoms with Crippen molar-refractivity contribution in [3.8, 4) is 11.8 Å². The highest BCUT2D eigenvalue weighted by Crippen LogP contribution is 2.44. The fourth-order valence-electron chi connectivity index (χ4n) is 3.32. The zero-order valence-corrected chi connectivity index (χ0v) is 11.5. The number of thiophene rings is 1. The first-order valence-electron chi connectivity index (χ1n) is 6.75. The second kappa shape index (κ2) is 5.36. The van der Waals surface area contributed by atoms with Gasteiger partial charge in [-0.05, 0) is 37.2 Å². The van der Waals surface area contributed by atoms with Gasteiger partial charge in [0.1, 0.15) is 6.61 Å². The van der Waals surface area contributed by atoms with Crippen LogP contribution in [0, 0.1) is 23.7 Å². The van der Waals surface area contributed by atoms with E-state index in [1.54, 1.807) is 6.07 Å². The molecule has 3 unspecified atom stereocenters. The predicted molar refractivity (Wildman–Crippen MR) is 75.0 cm³/mol. The lowest BCUT2D eigenvalue weighted by atomic mass is 9.95. The third kappa shape index (κ3) is 2.68. The number of aliphatic hydroxyl groups excluding tert-OH is 1. The molecule has 2 fully saturated rings. The van der Waals surface area contributed by atoms with Crippen molar-refractivity contribution in [2.45, 2.75) is 31.7 Å². The van der Waals surface area contributed by atoms with Crippen molar-refractivity contribution in [2.24, 2.45) is 11.8 Å². The molecule has 19 heavy (non-hydrogen) atoms. The Balaban J connectivity index is 1.62. The van der Waals surface area contributed by atoms with Gasteiger partial charge in [0.05, 0.1) is 10.4 Å². The van der Waals surface area contributed by atoms with Crippen LogP contribution in [0.1, 0.15) is 40.9 Å². The molecule has 100 valence electrons. The molecule has 2 saturated carbocycles. The summed E-state index contributed by atoms with van der Waals surface area (Å²) in [6.07, 6.45) is 5.06. The second-order valence-electron chi connectivity index (χ2n) is 5.41. The van der Waals surface area contributed by atoms with Gasteiger partial charge in [-0.25, -0.2) is 0 Å². The highest BCUT2D eigenvalue weighted by molar-refractivity contribution is 7.10. The number of carbonyl (C=O) groups excluding carboxylic acids is 1. The Kier molecular flexibility index (Phi) is 3.58. The zero-order valence-electron chi connectivity index (χ0n) is 10.7. The number of fused-ring (bicyclic) bond motifs is 2. The fraction of sp³-hybridized carbons (Fsp3) is 0.533. The van der Waals surface area contributed by atoms with Gasteiger partial charge >= 0.3 is 0 Å². The second-order valence-corrected chi connectivity index (χ2v) is 6.33. The van der Waals surface area contributed by atoms with Crippen LogP contribution in [0.4, 0.5) is 0 Å². The molecule has 2 aliphatic carbocycles. The van der Waals surface area contributed by atoms with Gasteiger partial charge in [-0.2, -0.15) is 0 Å². The van der Waals surface area contributed by atoms with Crippen LogP contribution >= 0.6 is 11.3 Å². The molecule has 0 spiro atoms. The highest BCUT2D eigenvalue weighted by atomic mass is 32.1. The zero-order chi connectivity index (χ0) is 13.2. The van der Waals surface area contributed by atoms with E-state index >= 15 is 0 Å². The predicted octanol–water partition coefficient (Wildman–Crippen LogP) is 2.01. The molecule has 1 amide bonds. The first kappa shape index (κ1) is 12.7. The topological polar surface area (TPSA) is 49.3 Å².